The maximum absolute atomic E-state index is 12.6. The summed E-state index contributed by atoms with van der Waals surface area (Å²) in [5, 5.41) is 0. The molecule has 0 saturated heterocycles. The molecule has 0 spiro atoms. The Morgan fingerprint density at radius 1 is 0.593 bits per heavy atom. The van der Waals surface area contributed by atoms with Crippen LogP contribution in [0.1, 0.15) is 136 Å². The van der Waals surface area contributed by atoms with Crippen molar-refractivity contribution in [3.8, 4) is 0 Å². The third-order valence-electron chi connectivity index (χ3n) is 8.16. The molecule has 2 unspecified atom stereocenters. The summed E-state index contributed by atoms with van der Waals surface area (Å²) < 4.78 is 34.4. The van der Waals surface area contributed by atoms with Gasteiger partial charge in [0.1, 0.15) is 19.3 Å². The maximum atomic E-state index is 12.6. The van der Waals surface area contributed by atoms with Gasteiger partial charge < -0.3 is 27.9 Å². The second kappa shape index (κ2) is 37.6. The molecule has 0 bridgehead atoms. The summed E-state index contributed by atoms with van der Waals surface area (Å²) >= 11 is 0. The van der Waals surface area contributed by atoms with Crippen molar-refractivity contribution in [3.05, 3.63) is 85.1 Å². The maximum Gasteiger partial charge on any atom is 0.306 e. The van der Waals surface area contributed by atoms with Gasteiger partial charge in [0.2, 0.25) is 0 Å². The number of allylic oxidation sites excluding steroid dienone is 14. The zero-order chi connectivity index (χ0) is 39.9. The average molecular weight is 776 g/mol. The van der Waals surface area contributed by atoms with E-state index in [1.54, 1.807) is 0 Å². The molecule has 0 radical (unpaired) electrons. The van der Waals surface area contributed by atoms with Crippen molar-refractivity contribution in [2.24, 2.45) is 0 Å². The quantitative estimate of drug-likeness (QED) is 0.0204. The van der Waals surface area contributed by atoms with Gasteiger partial charge in [0.05, 0.1) is 34.4 Å². The van der Waals surface area contributed by atoms with E-state index in [1.807, 2.05) is 21.1 Å². The van der Waals surface area contributed by atoms with Gasteiger partial charge in [-0.2, -0.15) is 0 Å². The van der Waals surface area contributed by atoms with Crippen molar-refractivity contribution in [1.82, 2.24) is 0 Å². The SMILES string of the molecule is CC/C=C\C/C=C\C/C=C\C/C=C\C/C=C\C/C=C\CCCCCOCC(COP(=O)([O-])OCC[N+](C)(C)C)OC(=O)CCCCCCC/C=C\CCC. The van der Waals surface area contributed by atoms with Gasteiger partial charge in [0.25, 0.3) is 7.82 Å². The van der Waals surface area contributed by atoms with E-state index in [-0.39, 0.29) is 32.2 Å². The molecule has 0 aromatic carbocycles. The molecule has 8 nitrogen and oxygen atoms in total. The highest BCUT2D eigenvalue weighted by Crippen LogP contribution is 2.38. The van der Waals surface area contributed by atoms with Crippen molar-refractivity contribution < 1.29 is 37.3 Å². The highest BCUT2D eigenvalue weighted by Gasteiger charge is 2.20. The van der Waals surface area contributed by atoms with Gasteiger partial charge in [-0.1, -0.05) is 131 Å². The van der Waals surface area contributed by atoms with Crippen molar-refractivity contribution in [1.29, 1.82) is 0 Å². The first-order valence-corrected chi connectivity index (χ1v) is 22.3. The third-order valence-corrected chi connectivity index (χ3v) is 9.13. The lowest BCUT2D eigenvalue weighted by Gasteiger charge is -2.28. The van der Waals surface area contributed by atoms with E-state index in [1.165, 1.54) is 6.42 Å². The van der Waals surface area contributed by atoms with Crippen LogP contribution in [0.5, 0.6) is 0 Å². The largest absolute Gasteiger partial charge is 0.756 e. The fourth-order valence-corrected chi connectivity index (χ4v) is 5.69. The van der Waals surface area contributed by atoms with Gasteiger partial charge >= 0.3 is 5.97 Å². The number of hydrogen-bond donors (Lipinski definition) is 0. The first kappa shape index (κ1) is 51.7. The lowest BCUT2D eigenvalue weighted by atomic mass is 10.1. The van der Waals surface area contributed by atoms with Crippen molar-refractivity contribution >= 4 is 13.8 Å². The lowest BCUT2D eigenvalue weighted by molar-refractivity contribution is -0.870. The number of quaternary nitrogens is 1. The second-order valence-corrected chi connectivity index (χ2v) is 16.0. The molecule has 9 heteroatoms. The molecule has 2 atom stereocenters. The summed E-state index contributed by atoms with van der Waals surface area (Å²) in [5.74, 6) is -0.363. The van der Waals surface area contributed by atoms with Crippen LogP contribution in [0.4, 0.5) is 0 Å². The van der Waals surface area contributed by atoms with E-state index in [0.29, 0.717) is 17.6 Å². The molecule has 0 aliphatic heterocycles. The number of hydrogen-bond acceptors (Lipinski definition) is 7. The number of ether oxygens (including phenoxy) is 2. The van der Waals surface area contributed by atoms with Gasteiger partial charge in [-0.05, 0) is 83.5 Å². The standard InChI is InChI=1S/C45H78NO7P/c1-6-8-10-12-14-16-18-19-20-21-22-23-24-25-26-27-28-29-31-33-35-37-40-50-42-44(43-52-54(48,49)51-41-39-46(3,4)5)53-45(47)38-36-34-32-30-17-15-13-11-9-7-2/h8,10-11,13-14,16,19-20,22-23,25-26,28-29,44H,6-7,9,12,15,17-18,21,24,27,30-43H2,1-5H3/b10-8-,13-11-,16-14-,20-19-,23-22-,26-25-,29-28-. The highest BCUT2D eigenvalue weighted by atomic mass is 31.2. The molecular formula is C45H78NO7P. The fraction of sp³-hybridized carbons (Fsp3) is 0.667. The molecule has 0 aromatic rings. The molecule has 0 saturated carbocycles. The topological polar surface area (TPSA) is 94.1 Å². The van der Waals surface area contributed by atoms with E-state index in [0.717, 1.165) is 109 Å². The first-order chi connectivity index (χ1) is 26.1. The number of carbonyl (C=O) groups excluding carboxylic acids is 1. The number of likely N-dealkylation sites (N-methyl/N-ethyl adjacent to an activating group) is 1. The van der Waals surface area contributed by atoms with Crippen LogP contribution in [-0.4, -0.2) is 70.7 Å². The summed E-state index contributed by atoms with van der Waals surface area (Å²) in [7, 11) is 1.31. The Morgan fingerprint density at radius 3 is 1.63 bits per heavy atom. The molecule has 0 N–H and O–H groups in total. The number of esters is 1. The van der Waals surface area contributed by atoms with Crippen LogP contribution >= 0.6 is 7.82 Å². The minimum absolute atomic E-state index is 0.0127. The number of unbranched alkanes of at least 4 members (excludes halogenated alkanes) is 9. The summed E-state index contributed by atoms with van der Waals surface area (Å²) in [5.41, 5.74) is 0. The molecule has 0 fully saturated rings. The number of carbonyl (C=O) groups is 1. The molecule has 0 amide bonds. The Bertz CT molecular complexity index is 1130. The summed E-state index contributed by atoms with van der Waals surface area (Å²) in [4.78, 5) is 24.9. The van der Waals surface area contributed by atoms with Crippen molar-refractivity contribution in [3.63, 3.8) is 0 Å². The highest BCUT2D eigenvalue weighted by molar-refractivity contribution is 7.45. The van der Waals surface area contributed by atoms with Crippen molar-refractivity contribution in [2.45, 2.75) is 142 Å². The van der Waals surface area contributed by atoms with E-state index in [9.17, 15) is 14.3 Å². The van der Waals surface area contributed by atoms with Crippen LogP contribution < -0.4 is 4.89 Å². The van der Waals surface area contributed by atoms with E-state index < -0.39 is 13.9 Å². The molecule has 0 aliphatic carbocycles. The second-order valence-electron chi connectivity index (χ2n) is 14.6. The zero-order valence-electron chi connectivity index (χ0n) is 34.9. The summed E-state index contributed by atoms with van der Waals surface area (Å²) in [6, 6.07) is 0. The molecule has 0 rings (SSSR count). The van der Waals surface area contributed by atoms with Crippen molar-refractivity contribution in [2.75, 3.05) is 54.1 Å². The fourth-order valence-electron chi connectivity index (χ4n) is 4.96. The molecule has 310 valence electrons. The van der Waals surface area contributed by atoms with Crippen LogP contribution in [0.15, 0.2) is 85.1 Å². The lowest BCUT2D eigenvalue weighted by Crippen LogP contribution is -2.37. The number of rotatable bonds is 37. The Balaban J connectivity index is 4.30. The molecule has 0 heterocycles. The molecule has 0 aromatic heterocycles. The Morgan fingerprint density at radius 2 is 1.07 bits per heavy atom. The van der Waals surface area contributed by atoms with Gasteiger partial charge in [0.15, 0.2) is 0 Å². The zero-order valence-corrected chi connectivity index (χ0v) is 35.8. The Labute approximate surface area is 331 Å². The van der Waals surface area contributed by atoms with Crippen LogP contribution in [0, 0.1) is 0 Å². The monoisotopic (exact) mass is 776 g/mol. The van der Waals surface area contributed by atoms with Gasteiger partial charge in [-0.15, -0.1) is 0 Å². The smallest absolute Gasteiger partial charge is 0.306 e. The third kappa shape index (κ3) is 40.9. The minimum Gasteiger partial charge on any atom is -0.756 e. The van der Waals surface area contributed by atoms with Crippen LogP contribution in [0.3, 0.4) is 0 Å². The summed E-state index contributed by atoms with van der Waals surface area (Å²) in [6.45, 7) is 5.10. The van der Waals surface area contributed by atoms with Gasteiger partial charge in [0, 0.05) is 13.0 Å². The Kier molecular flexibility index (Phi) is 36.0. The van der Waals surface area contributed by atoms with Crippen LogP contribution in [0.25, 0.3) is 0 Å². The number of phosphoric ester groups is 1. The van der Waals surface area contributed by atoms with E-state index in [4.69, 9.17) is 18.5 Å². The number of phosphoric acid groups is 1. The molecular weight excluding hydrogens is 697 g/mol. The van der Waals surface area contributed by atoms with Crippen LogP contribution in [-0.2, 0) is 27.9 Å². The summed E-state index contributed by atoms with van der Waals surface area (Å²) in [6.07, 6.45) is 48.9. The Hall–Kier alpha value is -2.32. The first-order valence-electron chi connectivity index (χ1n) is 20.8. The van der Waals surface area contributed by atoms with Crippen LogP contribution in [0.2, 0.25) is 0 Å². The minimum atomic E-state index is -4.54. The molecule has 54 heavy (non-hydrogen) atoms. The normalized spacial score (nSPS) is 14.7. The van der Waals surface area contributed by atoms with Gasteiger partial charge in [-0.3, -0.25) is 9.36 Å². The van der Waals surface area contributed by atoms with Gasteiger partial charge in [-0.25, -0.2) is 0 Å². The molecule has 0 aliphatic rings. The van der Waals surface area contributed by atoms with E-state index >= 15 is 0 Å². The van der Waals surface area contributed by atoms with E-state index in [2.05, 4.69) is 98.9 Å². The average Bonchev–Trinajstić information content (AvgIpc) is 3.12. The number of nitrogens with zero attached hydrogens (tertiary/aromatic N) is 1. The predicted molar refractivity (Wildman–Crippen MR) is 226 cm³/mol. The predicted octanol–water partition coefficient (Wildman–Crippen LogP) is 11.5.